The zero-order chi connectivity index (χ0) is 20.5. The van der Waals surface area contributed by atoms with Crippen LogP contribution in [-0.4, -0.2) is 48.4 Å². The second-order valence-electron chi connectivity index (χ2n) is 7.68. The van der Waals surface area contributed by atoms with E-state index in [1.807, 2.05) is 18.2 Å². The van der Waals surface area contributed by atoms with Crippen LogP contribution in [-0.2, 0) is 16.1 Å². The highest BCUT2D eigenvalue weighted by atomic mass is 32.1. The van der Waals surface area contributed by atoms with Gasteiger partial charge in [-0.1, -0.05) is 17.4 Å². The molecular weight excluding hydrogens is 406 g/mol. The number of nitrogens with zero attached hydrogens (tertiary/aromatic N) is 4. The van der Waals surface area contributed by atoms with Gasteiger partial charge in [-0.15, -0.1) is 10.2 Å². The SMILES string of the molecule is O=C(NCc1ccc2c(c1)OCO2)C1CCN(c2nnc(N3CCCC3=O)s2)CC1. The summed E-state index contributed by atoms with van der Waals surface area (Å²) in [6.45, 7) is 2.95. The predicted octanol–water partition coefficient (Wildman–Crippen LogP) is 1.93. The van der Waals surface area contributed by atoms with Gasteiger partial charge in [-0.2, -0.15) is 0 Å². The van der Waals surface area contributed by atoms with Gasteiger partial charge in [0.2, 0.25) is 28.9 Å². The van der Waals surface area contributed by atoms with Crippen molar-refractivity contribution in [3.8, 4) is 11.5 Å². The standard InChI is InChI=1S/C20H23N5O4S/c26-17-2-1-7-25(17)20-23-22-19(30-20)24-8-5-14(6-9-24)18(27)21-11-13-3-4-15-16(10-13)29-12-28-15/h3-4,10,14H,1-2,5-9,11-12H2,(H,21,27). The third-order valence-corrected chi connectivity index (χ3v) is 6.76. The molecule has 1 aromatic carbocycles. The van der Waals surface area contributed by atoms with Crippen molar-refractivity contribution in [1.82, 2.24) is 15.5 Å². The molecule has 3 aliphatic rings. The van der Waals surface area contributed by atoms with Crippen LogP contribution in [0.15, 0.2) is 18.2 Å². The highest BCUT2D eigenvalue weighted by Gasteiger charge is 2.29. The highest BCUT2D eigenvalue weighted by Crippen LogP contribution is 2.33. The quantitative estimate of drug-likeness (QED) is 0.776. The number of anilines is 2. The minimum atomic E-state index is -0.0113. The molecule has 0 unspecified atom stereocenters. The minimum absolute atomic E-state index is 0.0113. The molecule has 3 aliphatic heterocycles. The first-order chi connectivity index (χ1) is 14.7. The lowest BCUT2D eigenvalue weighted by atomic mass is 9.96. The maximum atomic E-state index is 12.6. The number of benzene rings is 1. The molecular formula is C20H23N5O4S. The molecule has 2 fully saturated rings. The Morgan fingerprint density at radius 2 is 1.93 bits per heavy atom. The Bertz CT molecular complexity index is 956. The van der Waals surface area contributed by atoms with Crippen LogP contribution in [0.4, 0.5) is 10.3 Å². The number of ether oxygens (including phenoxy) is 2. The Labute approximate surface area is 178 Å². The summed E-state index contributed by atoms with van der Waals surface area (Å²) in [5.41, 5.74) is 0.989. The maximum absolute atomic E-state index is 12.6. The zero-order valence-corrected chi connectivity index (χ0v) is 17.3. The van der Waals surface area contributed by atoms with Crippen molar-refractivity contribution >= 4 is 33.4 Å². The first kappa shape index (κ1) is 19.1. The lowest BCUT2D eigenvalue weighted by Gasteiger charge is -2.30. The first-order valence-electron chi connectivity index (χ1n) is 10.2. The summed E-state index contributed by atoms with van der Waals surface area (Å²) in [5.74, 6) is 1.65. The molecule has 1 N–H and O–H groups in total. The van der Waals surface area contributed by atoms with E-state index in [1.54, 1.807) is 4.90 Å². The fourth-order valence-corrected chi connectivity index (χ4v) is 4.95. The Kier molecular flexibility index (Phi) is 5.16. The molecule has 158 valence electrons. The molecule has 0 bridgehead atoms. The van der Waals surface area contributed by atoms with Gasteiger partial charge in [0.25, 0.3) is 0 Å². The molecule has 0 radical (unpaired) electrons. The van der Waals surface area contributed by atoms with Gasteiger partial charge in [0, 0.05) is 38.5 Å². The Hall–Kier alpha value is -2.88. The minimum Gasteiger partial charge on any atom is -0.454 e. The average molecular weight is 430 g/mol. The lowest BCUT2D eigenvalue weighted by Crippen LogP contribution is -2.40. The van der Waals surface area contributed by atoms with Crippen LogP contribution in [0.1, 0.15) is 31.2 Å². The van der Waals surface area contributed by atoms with Crippen molar-refractivity contribution in [3.05, 3.63) is 23.8 Å². The summed E-state index contributed by atoms with van der Waals surface area (Å²) in [6.07, 6.45) is 3.00. The molecule has 9 nitrogen and oxygen atoms in total. The second-order valence-corrected chi connectivity index (χ2v) is 8.62. The van der Waals surface area contributed by atoms with E-state index in [-0.39, 0.29) is 24.5 Å². The summed E-state index contributed by atoms with van der Waals surface area (Å²) < 4.78 is 10.7. The average Bonchev–Trinajstić information content (AvgIpc) is 3.52. The highest BCUT2D eigenvalue weighted by molar-refractivity contribution is 7.19. The number of carbonyl (C=O) groups is 2. The van der Waals surface area contributed by atoms with E-state index in [0.29, 0.717) is 18.1 Å². The van der Waals surface area contributed by atoms with Gasteiger partial charge in [0.1, 0.15) is 0 Å². The number of nitrogens with one attached hydrogen (secondary N) is 1. The Morgan fingerprint density at radius 1 is 1.13 bits per heavy atom. The van der Waals surface area contributed by atoms with Crippen LogP contribution in [0.5, 0.6) is 11.5 Å². The van der Waals surface area contributed by atoms with Gasteiger partial charge < -0.3 is 19.7 Å². The summed E-state index contributed by atoms with van der Waals surface area (Å²) >= 11 is 1.45. The summed E-state index contributed by atoms with van der Waals surface area (Å²) in [7, 11) is 0. The number of aromatic nitrogens is 2. The monoisotopic (exact) mass is 429 g/mol. The fraction of sp³-hybridized carbons (Fsp3) is 0.500. The maximum Gasteiger partial charge on any atom is 0.231 e. The molecule has 10 heteroatoms. The fourth-order valence-electron chi connectivity index (χ4n) is 4.01. The molecule has 0 saturated carbocycles. The molecule has 0 spiro atoms. The van der Waals surface area contributed by atoms with Crippen LogP contribution in [0, 0.1) is 5.92 Å². The molecule has 2 aromatic rings. The smallest absolute Gasteiger partial charge is 0.231 e. The van der Waals surface area contributed by atoms with E-state index in [1.165, 1.54) is 11.3 Å². The molecule has 0 aliphatic carbocycles. The van der Waals surface area contributed by atoms with Gasteiger partial charge in [0.05, 0.1) is 0 Å². The van der Waals surface area contributed by atoms with E-state index in [4.69, 9.17) is 9.47 Å². The van der Waals surface area contributed by atoms with Crippen LogP contribution < -0.4 is 24.6 Å². The second kappa shape index (κ2) is 8.10. The van der Waals surface area contributed by atoms with Crippen molar-refractivity contribution in [2.45, 2.75) is 32.2 Å². The molecule has 5 rings (SSSR count). The topological polar surface area (TPSA) is 96.9 Å². The van der Waals surface area contributed by atoms with Crippen molar-refractivity contribution in [3.63, 3.8) is 0 Å². The third kappa shape index (κ3) is 3.79. The number of hydrogen-bond acceptors (Lipinski definition) is 8. The van der Waals surface area contributed by atoms with E-state index < -0.39 is 0 Å². The van der Waals surface area contributed by atoms with Crippen molar-refractivity contribution in [1.29, 1.82) is 0 Å². The predicted molar refractivity (Wildman–Crippen MR) is 111 cm³/mol. The number of rotatable bonds is 5. The lowest BCUT2D eigenvalue weighted by molar-refractivity contribution is -0.125. The van der Waals surface area contributed by atoms with E-state index in [2.05, 4.69) is 20.4 Å². The number of carbonyl (C=O) groups excluding carboxylic acids is 2. The Morgan fingerprint density at radius 3 is 2.73 bits per heavy atom. The van der Waals surface area contributed by atoms with Crippen molar-refractivity contribution in [2.24, 2.45) is 5.92 Å². The van der Waals surface area contributed by atoms with Gasteiger partial charge in [-0.05, 0) is 37.0 Å². The first-order valence-corrected chi connectivity index (χ1v) is 11.0. The van der Waals surface area contributed by atoms with E-state index >= 15 is 0 Å². The number of amides is 2. The summed E-state index contributed by atoms with van der Waals surface area (Å²) in [5, 5.41) is 13.0. The number of hydrogen-bond donors (Lipinski definition) is 1. The molecule has 4 heterocycles. The van der Waals surface area contributed by atoms with Crippen molar-refractivity contribution in [2.75, 3.05) is 36.2 Å². The molecule has 0 atom stereocenters. The van der Waals surface area contributed by atoms with Crippen LogP contribution >= 0.6 is 11.3 Å². The molecule has 2 saturated heterocycles. The van der Waals surface area contributed by atoms with Crippen LogP contribution in [0.25, 0.3) is 0 Å². The van der Waals surface area contributed by atoms with E-state index in [9.17, 15) is 9.59 Å². The molecule has 1 aromatic heterocycles. The normalized spacial score (nSPS) is 18.9. The molecule has 30 heavy (non-hydrogen) atoms. The van der Waals surface area contributed by atoms with Crippen LogP contribution in [0.3, 0.4) is 0 Å². The number of piperidine rings is 1. The summed E-state index contributed by atoms with van der Waals surface area (Å²) in [6, 6.07) is 5.71. The third-order valence-electron chi connectivity index (χ3n) is 5.75. The summed E-state index contributed by atoms with van der Waals surface area (Å²) in [4.78, 5) is 28.4. The molecule has 2 amide bonds. The zero-order valence-electron chi connectivity index (χ0n) is 16.5. The van der Waals surface area contributed by atoms with Gasteiger partial charge in [-0.3, -0.25) is 14.5 Å². The van der Waals surface area contributed by atoms with Gasteiger partial charge in [-0.25, -0.2) is 0 Å². The largest absolute Gasteiger partial charge is 0.454 e. The van der Waals surface area contributed by atoms with Crippen LogP contribution in [0.2, 0.25) is 0 Å². The van der Waals surface area contributed by atoms with Gasteiger partial charge >= 0.3 is 0 Å². The Balaban J connectivity index is 1.12. The van der Waals surface area contributed by atoms with Gasteiger partial charge in [0.15, 0.2) is 11.5 Å². The number of fused-ring (bicyclic) bond motifs is 1. The van der Waals surface area contributed by atoms with E-state index in [0.717, 1.165) is 61.1 Å². The van der Waals surface area contributed by atoms with Crippen molar-refractivity contribution < 1.29 is 19.1 Å².